The Bertz CT molecular complexity index is 265. The van der Waals surface area contributed by atoms with Gasteiger partial charge in [-0.3, -0.25) is 4.79 Å². The van der Waals surface area contributed by atoms with E-state index in [1.807, 2.05) is 0 Å². The van der Waals surface area contributed by atoms with E-state index in [1.54, 1.807) is 0 Å². The van der Waals surface area contributed by atoms with Gasteiger partial charge in [0.2, 0.25) is 0 Å². The summed E-state index contributed by atoms with van der Waals surface area (Å²) in [4.78, 5) is 8.36. The zero-order valence-corrected chi connectivity index (χ0v) is 8.70. The zero-order valence-electron chi connectivity index (χ0n) is 7.11. The SMILES string of the molecule is Brc1ccc(C2CC2)cc1.O=CO. The van der Waals surface area contributed by atoms with E-state index >= 15 is 0 Å². The Hall–Kier alpha value is -0.830. The molecule has 1 saturated carbocycles. The van der Waals surface area contributed by atoms with Gasteiger partial charge in [0.25, 0.3) is 6.47 Å². The van der Waals surface area contributed by atoms with E-state index in [1.165, 1.54) is 22.9 Å². The minimum atomic E-state index is -0.250. The number of carboxylic acid groups (broad SMARTS) is 1. The van der Waals surface area contributed by atoms with Crippen LogP contribution in [0.15, 0.2) is 28.7 Å². The maximum Gasteiger partial charge on any atom is 0.290 e. The van der Waals surface area contributed by atoms with Crippen molar-refractivity contribution in [3.05, 3.63) is 34.3 Å². The highest BCUT2D eigenvalue weighted by molar-refractivity contribution is 9.10. The molecule has 70 valence electrons. The lowest BCUT2D eigenvalue weighted by Gasteiger charge is -1.95. The van der Waals surface area contributed by atoms with Gasteiger partial charge in [0.15, 0.2) is 0 Å². The van der Waals surface area contributed by atoms with Gasteiger partial charge in [-0.05, 0) is 36.5 Å². The molecule has 0 spiro atoms. The molecule has 0 aromatic heterocycles. The summed E-state index contributed by atoms with van der Waals surface area (Å²) >= 11 is 3.41. The van der Waals surface area contributed by atoms with Gasteiger partial charge in [-0.15, -0.1) is 0 Å². The number of rotatable bonds is 1. The topological polar surface area (TPSA) is 37.3 Å². The van der Waals surface area contributed by atoms with Crippen molar-refractivity contribution in [1.82, 2.24) is 0 Å². The van der Waals surface area contributed by atoms with Gasteiger partial charge in [0.05, 0.1) is 0 Å². The first kappa shape index (κ1) is 10.3. The van der Waals surface area contributed by atoms with Crippen molar-refractivity contribution in [3.8, 4) is 0 Å². The predicted octanol–water partition coefficient (Wildman–Crippen LogP) is 3.03. The summed E-state index contributed by atoms with van der Waals surface area (Å²) < 4.78 is 1.18. The van der Waals surface area contributed by atoms with E-state index in [-0.39, 0.29) is 6.47 Å². The maximum absolute atomic E-state index is 8.36. The number of hydrogen-bond acceptors (Lipinski definition) is 1. The quantitative estimate of drug-likeness (QED) is 0.769. The molecule has 0 heterocycles. The number of carbonyl (C=O) groups is 1. The average Bonchev–Trinajstić information content (AvgIpc) is 2.90. The number of benzene rings is 1. The molecule has 13 heavy (non-hydrogen) atoms. The second kappa shape index (κ2) is 5.02. The van der Waals surface area contributed by atoms with Crippen molar-refractivity contribution < 1.29 is 9.90 Å². The van der Waals surface area contributed by atoms with Gasteiger partial charge in [0, 0.05) is 4.47 Å². The van der Waals surface area contributed by atoms with Crippen molar-refractivity contribution in [2.24, 2.45) is 0 Å². The zero-order chi connectivity index (χ0) is 9.68. The molecule has 0 radical (unpaired) electrons. The second-order valence-electron chi connectivity index (χ2n) is 2.93. The summed E-state index contributed by atoms with van der Waals surface area (Å²) in [5, 5.41) is 6.89. The molecule has 0 unspecified atom stereocenters. The van der Waals surface area contributed by atoms with Crippen LogP contribution in [-0.2, 0) is 4.79 Å². The Labute approximate surface area is 85.7 Å². The van der Waals surface area contributed by atoms with Crippen LogP contribution in [0.3, 0.4) is 0 Å². The molecule has 1 aliphatic rings. The van der Waals surface area contributed by atoms with Crippen molar-refractivity contribution >= 4 is 22.4 Å². The van der Waals surface area contributed by atoms with Crippen LogP contribution >= 0.6 is 15.9 Å². The smallest absolute Gasteiger partial charge is 0.290 e. The fourth-order valence-electron chi connectivity index (χ4n) is 1.15. The minimum absolute atomic E-state index is 0.250. The molecule has 1 fully saturated rings. The first-order valence-corrected chi connectivity index (χ1v) is 4.90. The molecule has 0 saturated heterocycles. The van der Waals surface area contributed by atoms with Crippen molar-refractivity contribution in [1.29, 1.82) is 0 Å². The van der Waals surface area contributed by atoms with Crippen molar-refractivity contribution in [3.63, 3.8) is 0 Å². The molecule has 1 aliphatic carbocycles. The second-order valence-corrected chi connectivity index (χ2v) is 3.85. The highest BCUT2D eigenvalue weighted by Crippen LogP contribution is 2.40. The van der Waals surface area contributed by atoms with Crippen LogP contribution in [0.25, 0.3) is 0 Å². The minimum Gasteiger partial charge on any atom is -0.483 e. The first-order chi connectivity index (χ1) is 6.27. The van der Waals surface area contributed by atoms with Gasteiger partial charge < -0.3 is 5.11 Å². The van der Waals surface area contributed by atoms with Crippen LogP contribution in [0.5, 0.6) is 0 Å². The Balaban J connectivity index is 0.000000251. The average molecular weight is 243 g/mol. The van der Waals surface area contributed by atoms with Crippen LogP contribution in [0, 0.1) is 0 Å². The molecule has 1 N–H and O–H groups in total. The predicted molar refractivity (Wildman–Crippen MR) is 54.8 cm³/mol. The Morgan fingerprint density at radius 2 is 1.77 bits per heavy atom. The van der Waals surface area contributed by atoms with Crippen LogP contribution < -0.4 is 0 Å². The summed E-state index contributed by atoms with van der Waals surface area (Å²) in [6.07, 6.45) is 2.78. The van der Waals surface area contributed by atoms with E-state index in [4.69, 9.17) is 9.90 Å². The van der Waals surface area contributed by atoms with Crippen LogP contribution in [0.4, 0.5) is 0 Å². The maximum atomic E-state index is 8.36. The van der Waals surface area contributed by atoms with Gasteiger partial charge in [-0.2, -0.15) is 0 Å². The summed E-state index contributed by atoms with van der Waals surface area (Å²) in [6.45, 7) is -0.250. The molecule has 0 aliphatic heterocycles. The van der Waals surface area contributed by atoms with E-state index in [0.717, 1.165) is 5.92 Å². The highest BCUT2D eigenvalue weighted by Gasteiger charge is 2.22. The van der Waals surface area contributed by atoms with E-state index < -0.39 is 0 Å². The van der Waals surface area contributed by atoms with Crippen molar-refractivity contribution in [2.75, 3.05) is 0 Å². The molecule has 2 rings (SSSR count). The molecule has 0 atom stereocenters. The Morgan fingerprint density at radius 1 is 1.31 bits per heavy atom. The molecular formula is C10H11BrO2. The molecule has 1 aromatic rings. The first-order valence-electron chi connectivity index (χ1n) is 4.11. The molecule has 0 amide bonds. The van der Waals surface area contributed by atoms with E-state index in [9.17, 15) is 0 Å². The lowest BCUT2D eigenvalue weighted by Crippen LogP contribution is -1.75. The standard InChI is InChI=1S/C9H9Br.CH2O2/c10-9-5-3-8(4-6-9)7-1-2-7;2-1-3/h3-7H,1-2H2;1H,(H,2,3). The van der Waals surface area contributed by atoms with Gasteiger partial charge in [0.1, 0.15) is 0 Å². The summed E-state index contributed by atoms with van der Waals surface area (Å²) in [6, 6.07) is 8.66. The Kier molecular flexibility index (Phi) is 3.96. The number of hydrogen-bond donors (Lipinski definition) is 1. The van der Waals surface area contributed by atoms with Crippen LogP contribution in [0.2, 0.25) is 0 Å². The Morgan fingerprint density at radius 3 is 2.15 bits per heavy atom. The summed E-state index contributed by atoms with van der Waals surface area (Å²) in [5.41, 5.74) is 1.50. The fourth-order valence-corrected chi connectivity index (χ4v) is 1.42. The van der Waals surface area contributed by atoms with E-state index in [2.05, 4.69) is 40.2 Å². The fraction of sp³-hybridized carbons (Fsp3) is 0.300. The third-order valence-electron chi connectivity index (χ3n) is 1.92. The molecule has 1 aromatic carbocycles. The highest BCUT2D eigenvalue weighted by atomic mass is 79.9. The monoisotopic (exact) mass is 242 g/mol. The third-order valence-corrected chi connectivity index (χ3v) is 2.45. The largest absolute Gasteiger partial charge is 0.483 e. The molecule has 0 bridgehead atoms. The number of halogens is 1. The van der Waals surface area contributed by atoms with Crippen LogP contribution in [-0.4, -0.2) is 11.6 Å². The summed E-state index contributed by atoms with van der Waals surface area (Å²) in [7, 11) is 0. The molecule has 3 heteroatoms. The van der Waals surface area contributed by atoms with Gasteiger partial charge >= 0.3 is 0 Å². The summed E-state index contributed by atoms with van der Waals surface area (Å²) in [5.74, 6) is 0.882. The normalized spacial score (nSPS) is 14.2. The molecule has 2 nitrogen and oxygen atoms in total. The van der Waals surface area contributed by atoms with Crippen LogP contribution in [0.1, 0.15) is 24.3 Å². The van der Waals surface area contributed by atoms with Gasteiger partial charge in [-0.1, -0.05) is 28.1 Å². The van der Waals surface area contributed by atoms with E-state index in [0.29, 0.717) is 0 Å². The molecular weight excluding hydrogens is 232 g/mol. The van der Waals surface area contributed by atoms with Gasteiger partial charge in [-0.25, -0.2) is 0 Å². The lowest BCUT2D eigenvalue weighted by atomic mass is 10.1. The lowest BCUT2D eigenvalue weighted by molar-refractivity contribution is -0.122. The third kappa shape index (κ3) is 3.59. The van der Waals surface area contributed by atoms with Crippen molar-refractivity contribution in [2.45, 2.75) is 18.8 Å².